The number of alkyl halides is 3. The Morgan fingerprint density at radius 3 is 2.77 bits per heavy atom. The molecule has 1 N–H and O–H groups in total. The highest BCUT2D eigenvalue weighted by Gasteiger charge is 2.31. The predicted molar refractivity (Wildman–Crippen MR) is 93.8 cm³/mol. The van der Waals surface area contributed by atoms with Crippen LogP contribution < -0.4 is 5.43 Å². The number of carbonyl (C=O) groups excluding carboxylic acids is 1. The molecule has 1 fully saturated rings. The molecular weight excluding hydrogens is 347 g/mol. The number of anilines is 1. The maximum absolute atomic E-state index is 12.8. The molecule has 0 aliphatic carbocycles. The molecule has 0 bridgehead atoms. The fourth-order valence-corrected chi connectivity index (χ4v) is 3.01. The second-order valence-corrected chi connectivity index (χ2v) is 6.10. The molecule has 0 amide bonds. The van der Waals surface area contributed by atoms with Gasteiger partial charge >= 0.3 is 12.1 Å². The van der Waals surface area contributed by atoms with Crippen LogP contribution in [0.5, 0.6) is 0 Å². The van der Waals surface area contributed by atoms with Gasteiger partial charge in [-0.2, -0.15) is 13.2 Å². The van der Waals surface area contributed by atoms with E-state index in [-0.39, 0.29) is 24.2 Å². The van der Waals surface area contributed by atoms with Crippen LogP contribution in [0.15, 0.2) is 29.4 Å². The first-order valence-corrected chi connectivity index (χ1v) is 8.81. The van der Waals surface area contributed by atoms with E-state index in [0.29, 0.717) is 6.54 Å². The van der Waals surface area contributed by atoms with Gasteiger partial charge in [-0.05, 0) is 50.8 Å². The van der Waals surface area contributed by atoms with Gasteiger partial charge in [0, 0.05) is 12.6 Å². The van der Waals surface area contributed by atoms with Crippen molar-refractivity contribution >= 4 is 17.5 Å². The second kappa shape index (κ2) is 8.91. The standard InChI is InChI=1S/C18H24F3N3O2/c1-3-15-10-5-6-11-24(15)16(17(25)26-4-2)23-22-14-9-7-8-13(12-14)18(19,20)21/h7-9,12,15,22H,3-6,10-11H2,1-2H3/b23-16-/t15-/m1/s1. The number of hydrogen-bond donors (Lipinski definition) is 1. The van der Waals surface area contributed by atoms with Crippen LogP contribution in [0.2, 0.25) is 0 Å². The molecule has 1 heterocycles. The van der Waals surface area contributed by atoms with E-state index in [1.165, 1.54) is 12.1 Å². The molecule has 8 heteroatoms. The van der Waals surface area contributed by atoms with Crippen molar-refractivity contribution < 1.29 is 22.7 Å². The number of hydrogen-bond acceptors (Lipinski definition) is 4. The van der Waals surface area contributed by atoms with Crippen LogP contribution in [-0.4, -0.2) is 35.9 Å². The normalized spacial score (nSPS) is 18.6. The van der Waals surface area contributed by atoms with Crippen LogP contribution in [0.4, 0.5) is 18.9 Å². The van der Waals surface area contributed by atoms with Crippen molar-refractivity contribution in [3.63, 3.8) is 0 Å². The summed E-state index contributed by atoms with van der Waals surface area (Å²) in [6, 6.07) is 4.86. The Bertz CT molecular complexity index is 647. The van der Waals surface area contributed by atoms with Crippen molar-refractivity contribution in [2.45, 2.75) is 51.7 Å². The van der Waals surface area contributed by atoms with Crippen molar-refractivity contribution in [2.24, 2.45) is 5.10 Å². The summed E-state index contributed by atoms with van der Waals surface area (Å²) in [4.78, 5) is 14.2. The minimum Gasteiger partial charge on any atom is -0.460 e. The minimum atomic E-state index is -4.44. The molecule has 0 unspecified atom stereocenters. The van der Waals surface area contributed by atoms with Crippen LogP contribution in [-0.2, 0) is 15.7 Å². The molecule has 0 saturated carbocycles. The lowest BCUT2D eigenvalue weighted by atomic mass is 10.00. The van der Waals surface area contributed by atoms with Gasteiger partial charge in [-0.25, -0.2) is 4.79 Å². The van der Waals surface area contributed by atoms with Crippen LogP contribution >= 0.6 is 0 Å². The molecule has 1 aromatic carbocycles. The highest BCUT2D eigenvalue weighted by molar-refractivity contribution is 6.35. The first kappa shape index (κ1) is 20.1. The van der Waals surface area contributed by atoms with Crippen molar-refractivity contribution in [2.75, 3.05) is 18.6 Å². The molecule has 26 heavy (non-hydrogen) atoms. The highest BCUT2D eigenvalue weighted by atomic mass is 19.4. The fraction of sp³-hybridized carbons (Fsp3) is 0.556. The quantitative estimate of drug-likeness (QED) is 0.372. The van der Waals surface area contributed by atoms with E-state index in [0.717, 1.165) is 37.8 Å². The number of halogens is 3. The predicted octanol–water partition coefficient (Wildman–Crippen LogP) is 4.26. The van der Waals surface area contributed by atoms with Crippen molar-refractivity contribution in [1.82, 2.24) is 4.90 Å². The zero-order valence-electron chi connectivity index (χ0n) is 15.0. The molecule has 5 nitrogen and oxygen atoms in total. The fourth-order valence-electron chi connectivity index (χ4n) is 3.01. The zero-order chi connectivity index (χ0) is 19.2. The number of rotatable bonds is 4. The Balaban J connectivity index is 2.26. The Labute approximate surface area is 151 Å². The van der Waals surface area contributed by atoms with E-state index in [1.807, 2.05) is 11.8 Å². The van der Waals surface area contributed by atoms with Crippen LogP contribution in [0.1, 0.15) is 45.1 Å². The third kappa shape index (κ3) is 5.12. The zero-order valence-corrected chi connectivity index (χ0v) is 15.0. The summed E-state index contributed by atoms with van der Waals surface area (Å²) in [5.41, 5.74) is 1.96. The summed E-state index contributed by atoms with van der Waals surface area (Å²) in [5, 5.41) is 4.11. The number of esters is 1. The molecule has 1 aliphatic rings. The van der Waals surface area contributed by atoms with Gasteiger partial charge in [0.05, 0.1) is 17.9 Å². The number of nitrogens with one attached hydrogen (secondary N) is 1. The van der Waals surface area contributed by atoms with E-state index in [2.05, 4.69) is 10.5 Å². The number of amidine groups is 1. The van der Waals surface area contributed by atoms with Gasteiger partial charge in [-0.3, -0.25) is 5.43 Å². The molecular formula is C18H24F3N3O2. The lowest BCUT2D eigenvalue weighted by Crippen LogP contribution is -2.47. The maximum atomic E-state index is 12.8. The lowest BCUT2D eigenvalue weighted by Gasteiger charge is -2.36. The van der Waals surface area contributed by atoms with Gasteiger partial charge in [-0.15, -0.1) is 5.10 Å². The molecule has 0 spiro atoms. The Hall–Kier alpha value is -2.25. The molecule has 1 saturated heterocycles. The Kier molecular flexibility index (Phi) is 6.88. The average Bonchev–Trinajstić information content (AvgIpc) is 2.62. The van der Waals surface area contributed by atoms with Gasteiger partial charge in [0.25, 0.3) is 0 Å². The van der Waals surface area contributed by atoms with Gasteiger partial charge in [0.2, 0.25) is 5.84 Å². The number of piperidine rings is 1. The van der Waals surface area contributed by atoms with Crippen molar-refractivity contribution in [1.29, 1.82) is 0 Å². The second-order valence-electron chi connectivity index (χ2n) is 6.10. The van der Waals surface area contributed by atoms with E-state index < -0.39 is 17.7 Å². The van der Waals surface area contributed by atoms with Gasteiger partial charge < -0.3 is 9.64 Å². The summed E-state index contributed by atoms with van der Waals surface area (Å²) < 4.78 is 43.6. The number of benzene rings is 1. The molecule has 1 aliphatic heterocycles. The number of likely N-dealkylation sites (tertiary alicyclic amines) is 1. The summed E-state index contributed by atoms with van der Waals surface area (Å²) >= 11 is 0. The smallest absolute Gasteiger partial charge is 0.416 e. The lowest BCUT2D eigenvalue weighted by molar-refractivity contribution is -0.138. The third-order valence-electron chi connectivity index (χ3n) is 4.31. The molecule has 1 atom stereocenters. The molecule has 0 radical (unpaired) electrons. The van der Waals surface area contributed by atoms with E-state index in [9.17, 15) is 18.0 Å². The highest BCUT2D eigenvalue weighted by Crippen LogP contribution is 2.30. The minimum absolute atomic E-state index is 0.107. The molecule has 2 rings (SSSR count). The van der Waals surface area contributed by atoms with Crippen molar-refractivity contribution in [3.8, 4) is 0 Å². The monoisotopic (exact) mass is 371 g/mol. The maximum Gasteiger partial charge on any atom is 0.416 e. The van der Waals surface area contributed by atoms with Crippen LogP contribution in [0, 0.1) is 0 Å². The largest absolute Gasteiger partial charge is 0.460 e. The van der Waals surface area contributed by atoms with E-state index in [4.69, 9.17) is 4.74 Å². The molecule has 0 aromatic heterocycles. The van der Waals surface area contributed by atoms with Crippen LogP contribution in [0.25, 0.3) is 0 Å². The topological polar surface area (TPSA) is 53.9 Å². The van der Waals surface area contributed by atoms with Gasteiger partial charge in [0.15, 0.2) is 0 Å². The molecule has 144 valence electrons. The Morgan fingerprint density at radius 1 is 1.35 bits per heavy atom. The summed E-state index contributed by atoms with van der Waals surface area (Å²) in [6.45, 7) is 4.60. The number of hydrazone groups is 1. The first-order chi connectivity index (χ1) is 12.4. The number of ether oxygens (including phenoxy) is 1. The average molecular weight is 371 g/mol. The van der Waals surface area contributed by atoms with Gasteiger partial charge in [0.1, 0.15) is 0 Å². The number of nitrogens with zero attached hydrogens (tertiary/aromatic N) is 2. The van der Waals surface area contributed by atoms with E-state index >= 15 is 0 Å². The van der Waals surface area contributed by atoms with E-state index in [1.54, 1.807) is 6.92 Å². The van der Waals surface area contributed by atoms with Crippen LogP contribution in [0.3, 0.4) is 0 Å². The number of carbonyl (C=O) groups is 1. The first-order valence-electron chi connectivity index (χ1n) is 8.81. The van der Waals surface area contributed by atoms with Crippen molar-refractivity contribution in [3.05, 3.63) is 29.8 Å². The summed E-state index contributed by atoms with van der Waals surface area (Å²) in [7, 11) is 0. The van der Waals surface area contributed by atoms with Gasteiger partial charge in [-0.1, -0.05) is 13.0 Å². The third-order valence-corrected chi connectivity index (χ3v) is 4.31. The Morgan fingerprint density at radius 2 is 2.12 bits per heavy atom. The summed E-state index contributed by atoms with van der Waals surface area (Å²) in [5.74, 6) is -0.469. The SMILES string of the molecule is CCOC(=O)/C(=N/Nc1cccc(C(F)(F)F)c1)N1CCCC[C@H]1CC. The summed E-state index contributed by atoms with van der Waals surface area (Å²) in [6.07, 6.45) is -0.642. The molecule has 1 aromatic rings.